The SMILES string of the molecule is COc1ccc(CN(C)C2CC(C)O[C@@H](O)C2O)cc1. The third-order valence-corrected chi connectivity index (χ3v) is 3.79. The van der Waals surface area contributed by atoms with Gasteiger partial charge in [0.1, 0.15) is 11.9 Å². The van der Waals surface area contributed by atoms with Crippen molar-refractivity contribution in [3.8, 4) is 5.75 Å². The molecule has 0 bridgehead atoms. The molecular weight excluding hydrogens is 258 g/mol. The summed E-state index contributed by atoms with van der Waals surface area (Å²) in [6.45, 7) is 2.61. The summed E-state index contributed by atoms with van der Waals surface area (Å²) in [4.78, 5) is 2.05. The number of rotatable bonds is 4. The van der Waals surface area contributed by atoms with Gasteiger partial charge in [-0.05, 0) is 38.1 Å². The zero-order chi connectivity index (χ0) is 14.7. The second-order valence-electron chi connectivity index (χ2n) is 5.39. The highest BCUT2D eigenvalue weighted by Crippen LogP contribution is 2.24. The topological polar surface area (TPSA) is 62.2 Å². The van der Waals surface area contributed by atoms with Crippen LogP contribution in [-0.2, 0) is 11.3 Å². The lowest BCUT2D eigenvalue weighted by molar-refractivity contribution is -0.232. The Balaban J connectivity index is 2.00. The van der Waals surface area contributed by atoms with E-state index in [0.717, 1.165) is 11.3 Å². The van der Waals surface area contributed by atoms with Gasteiger partial charge >= 0.3 is 0 Å². The van der Waals surface area contributed by atoms with E-state index in [9.17, 15) is 10.2 Å². The van der Waals surface area contributed by atoms with Crippen LogP contribution >= 0.6 is 0 Å². The van der Waals surface area contributed by atoms with Gasteiger partial charge < -0.3 is 19.7 Å². The largest absolute Gasteiger partial charge is 0.497 e. The Morgan fingerprint density at radius 2 is 1.95 bits per heavy atom. The van der Waals surface area contributed by atoms with Crippen LogP contribution in [0.2, 0.25) is 0 Å². The van der Waals surface area contributed by atoms with Crippen LogP contribution in [0.3, 0.4) is 0 Å². The van der Waals surface area contributed by atoms with Gasteiger partial charge in [0.15, 0.2) is 6.29 Å². The molecule has 1 aromatic carbocycles. The van der Waals surface area contributed by atoms with Gasteiger partial charge in [0.2, 0.25) is 0 Å². The molecule has 1 fully saturated rings. The maximum absolute atomic E-state index is 10.0. The summed E-state index contributed by atoms with van der Waals surface area (Å²) < 4.78 is 10.4. The van der Waals surface area contributed by atoms with Gasteiger partial charge in [-0.15, -0.1) is 0 Å². The van der Waals surface area contributed by atoms with Crippen molar-refractivity contribution >= 4 is 0 Å². The molecule has 1 saturated heterocycles. The van der Waals surface area contributed by atoms with Crippen molar-refractivity contribution in [3.05, 3.63) is 29.8 Å². The van der Waals surface area contributed by atoms with Crippen LogP contribution in [0.15, 0.2) is 24.3 Å². The van der Waals surface area contributed by atoms with Crippen LogP contribution < -0.4 is 4.74 Å². The Hall–Kier alpha value is -1.14. The van der Waals surface area contributed by atoms with Crippen molar-refractivity contribution in [2.24, 2.45) is 0 Å². The highest BCUT2D eigenvalue weighted by molar-refractivity contribution is 5.27. The summed E-state index contributed by atoms with van der Waals surface area (Å²) in [6, 6.07) is 7.72. The highest BCUT2D eigenvalue weighted by atomic mass is 16.6. The molecule has 1 heterocycles. The Bertz CT molecular complexity index is 422. The van der Waals surface area contributed by atoms with Crippen LogP contribution in [0, 0.1) is 0 Å². The Morgan fingerprint density at radius 3 is 2.55 bits per heavy atom. The molecule has 0 saturated carbocycles. The van der Waals surface area contributed by atoms with Crippen LogP contribution in [0.4, 0.5) is 0 Å². The van der Waals surface area contributed by atoms with E-state index in [1.165, 1.54) is 0 Å². The van der Waals surface area contributed by atoms with E-state index in [4.69, 9.17) is 9.47 Å². The minimum Gasteiger partial charge on any atom is -0.497 e. The smallest absolute Gasteiger partial charge is 0.182 e. The molecule has 5 heteroatoms. The van der Waals surface area contributed by atoms with Gasteiger partial charge in [-0.25, -0.2) is 0 Å². The third-order valence-electron chi connectivity index (χ3n) is 3.79. The van der Waals surface area contributed by atoms with E-state index in [1.54, 1.807) is 7.11 Å². The van der Waals surface area contributed by atoms with Gasteiger partial charge in [-0.1, -0.05) is 12.1 Å². The van der Waals surface area contributed by atoms with Crippen molar-refractivity contribution in [1.82, 2.24) is 4.90 Å². The zero-order valence-corrected chi connectivity index (χ0v) is 12.2. The highest BCUT2D eigenvalue weighted by Gasteiger charge is 2.37. The van der Waals surface area contributed by atoms with Crippen molar-refractivity contribution in [2.75, 3.05) is 14.2 Å². The van der Waals surface area contributed by atoms with Crippen LogP contribution in [0.5, 0.6) is 5.75 Å². The van der Waals surface area contributed by atoms with E-state index in [2.05, 4.69) is 4.90 Å². The van der Waals surface area contributed by atoms with Crippen LogP contribution in [0.1, 0.15) is 18.9 Å². The molecular formula is C15H23NO4. The summed E-state index contributed by atoms with van der Waals surface area (Å²) in [5.74, 6) is 0.826. The fourth-order valence-corrected chi connectivity index (χ4v) is 2.62. The fourth-order valence-electron chi connectivity index (χ4n) is 2.62. The average Bonchev–Trinajstić information content (AvgIpc) is 2.43. The molecule has 3 unspecified atom stereocenters. The number of nitrogens with zero attached hydrogens (tertiary/aromatic N) is 1. The number of methoxy groups -OCH3 is 1. The molecule has 4 atom stereocenters. The predicted octanol–water partition coefficient (Wildman–Crippen LogP) is 0.984. The molecule has 0 aromatic heterocycles. The van der Waals surface area contributed by atoms with Gasteiger partial charge in [-0.3, -0.25) is 4.90 Å². The summed E-state index contributed by atoms with van der Waals surface area (Å²) in [7, 11) is 3.59. The number of likely N-dealkylation sites (N-methyl/N-ethyl adjacent to an activating group) is 1. The monoisotopic (exact) mass is 281 g/mol. The molecule has 0 amide bonds. The van der Waals surface area contributed by atoms with Crippen molar-refractivity contribution in [3.63, 3.8) is 0 Å². The predicted molar refractivity (Wildman–Crippen MR) is 75.4 cm³/mol. The van der Waals surface area contributed by atoms with E-state index < -0.39 is 12.4 Å². The molecule has 2 rings (SSSR count). The number of aliphatic hydroxyl groups excluding tert-OH is 2. The normalized spacial score (nSPS) is 30.5. The number of hydrogen-bond acceptors (Lipinski definition) is 5. The molecule has 1 aromatic rings. The molecule has 2 N–H and O–H groups in total. The number of benzene rings is 1. The second-order valence-corrected chi connectivity index (χ2v) is 5.39. The average molecular weight is 281 g/mol. The molecule has 0 spiro atoms. The van der Waals surface area contributed by atoms with Crippen LogP contribution in [-0.4, -0.2) is 53.8 Å². The van der Waals surface area contributed by atoms with Gasteiger partial charge in [0.25, 0.3) is 0 Å². The first-order chi connectivity index (χ1) is 9.51. The van der Waals surface area contributed by atoms with E-state index in [1.807, 2.05) is 38.2 Å². The van der Waals surface area contributed by atoms with E-state index in [-0.39, 0.29) is 12.1 Å². The molecule has 1 aliphatic rings. The molecule has 20 heavy (non-hydrogen) atoms. The standard InChI is InChI=1S/C15H23NO4/c1-10-8-13(14(17)15(18)20-10)16(2)9-11-4-6-12(19-3)7-5-11/h4-7,10,13-15,17-18H,8-9H2,1-3H3/t10?,13?,14?,15-/m1/s1. The minimum absolute atomic E-state index is 0.0586. The number of ether oxygens (including phenoxy) is 2. The summed E-state index contributed by atoms with van der Waals surface area (Å²) in [6.07, 6.45) is -1.35. The van der Waals surface area contributed by atoms with Gasteiger partial charge in [-0.2, -0.15) is 0 Å². The maximum atomic E-state index is 10.0. The zero-order valence-electron chi connectivity index (χ0n) is 12.2. The first-order valence-corrected chi connectivity index (χ1v) is 6.86. The summed E-state index contributed by atoms with van der Waals surface area (Å²) in [5, 5.41) is 19.7. The Morgan fingerprint density at radius 1 is 1.30 bits per heavy atom. The lowest BCUT2D eigenvalue weighted by Crippen LogP contribution is -2.53. The van der Waals surface area contributed by atoms with Crippen molar-refractivity contribution in [2.45, 2.75) is 44.4 Å². The quantitative estimate of drug-likeness (QED) is 0.861. The molecule has 1 aliphatic heterocycles. The molecule has 0 aliphatic carbocycles. The van der Waals surface area contributed by atoms with Gasteiger partial charge in [0.05, 0.1) is 13.2 Å². The van der Waals surface area contributed by atoms with Crippen molar-refractivity contribution < 1.29 is 19.7 Å². The minimum atomic E-state index is -1.11. The van der Waals surface area contributed by atoms with Crippen molar-refractivity contribution in [1.29, 1.82) is 0 Å². The van der Waals surface area contributed by atoms with E-state index >= 15 is 0 Å². The maximum Gasteiger partial charge on any atom is 0.182 e. The Kier molecular flexibility index (Phi) is 4.99. The molecule has 0 radical (unpaired) electrons. The molecule has 5 nitrogen and oxygen atoms in total. The lowest BCUT2D eigenvalue weighted by atomic mass is 9.98. The van der Waals surface area contributed by atoms with E-state index in [0.29, 0.717) is 13.0 Å². The van der Waals surface area contributed by atoms with Gasteiger partial charge in [0, 0.05) is 12.6 Å². The third kappa shape index (κ3) is 3.49. The lowest BCUT2D eigenvalue weighted by Gasteiger charge is -2.40. The first kappa shape index (κ1) is 15.3. The number of hydrogen-bond donors (Lipinski definition) is 2. The number of aliphatic hydroxyl groups is 2. The first-order valence-electron chi connectivity index (χ1n) is 6.86. The molecule has 112 valence electrons. The summed E-state index contributed by atoms with van der Waals surface area (Å²) in [5.41, 5.74) is 1.13. The second kappa shape index (κ2) is 6.54. The Labute approximate surface area is 119 Å². The summed E-state index contributed by atoms with van der Waals surface area (Å²) >= 11 is 0. The van der Waals surface area contributed by atoms with Crippen LogP contribution in [0.25, 0.3) is 0 Å². The fraction of sp³-hybridized carbons (Fsp3) is 0.600.